The summed E-state index contributed by atoms with van der Waals surface area (Å²) in [4.78, 5) is 0. The molecule has 3 atom stereocenters. The largest absolute Gasteiger partial charge is 0.486 e. The zero-order valence-electron chi connectivity index (χ0n) is 11.0. The van der Waals surface area contributed by atoms with E-state index in [4.69, 9.17) is 4.74 Å². The van der Waals surface area contributed by atoms with Crippen LogP contribution in [0.5, 0.6) is 5.75 Å². The minimum absolute atomic E-state index is 0.0119. The number of ether oxygens (including phenoxy) is 1. The zero-order valence-corrected chi connectivity index (χ0v) is 14.2. The Morgan fingerprint density at radius 1 is 1.39 bits per heavy atom. The Labute approximate surface area is 126 Å². The van der Waals surface area contributed by atoms with E-state index in [9.17, 15) is 0 Å². The van der Waals surface area contributed by atoms with Crippen LogP contribution in [0.25, 0.3) is 0 Å². The summed E-state index contributed by atoms with van der Waals surface area (Å²) in [5, 5.41) is 0.922. The monoisotopic (exact) mass is 372 g/mol. The Bertz CT molecular complexity index is 513. The van der Waals surface area contributed by atoms with Crippen molar-refractivity contribution in [2.75, 3.05) is 5.33 Å². The molecule has 1 aromatic carbocycles. The van der Waals surface area contributed by atoms with Gasteiger partial charge >= 0.3 is 0 Å². The SMILES string of the molecule is Cc1cc2c(cc1Br)[C@@]1(C)CC[C@](CBr)(O2)[C@H]1C. The van der Waals surface area contributed by atoms with Crippen LogP contribution in [-0.4, -0.2) is 10.9 Å². The second-order valence-electron chi connectivity index (χ2n) is 6.04. The number of fused-ring (bicyclic) bond motifs is 4. The highest BCUT2D eigenvalue weighted by Gasteiger charge is 2.58. The topological polar surface area (TPSA) is 9.23 Å². The van der Waals surface area contributed by atoms with Gasteiger partial charge < -0.3 is 4.74 Å². The molecule has 1 aromatic rings. The van der Waals surface area contributed by atoms with Crippen LogP contribution >= 0.6 is 31.9 Å². The molecule has 0 unspecified atom stereocenters. The van der Waals surface area contributed by atoms with Crippen LogP contribution in [0.15, 0.2) is 16.6 Å². The lowest BCUT2D eigenvalue weighted by atomic mass is 9.70. The predicted molar refractivity (Wildman–Crippen MR) is 81.8 cm³/mol. The zero-order chi connectivity index (χ0) is 13.1. The van der Waals surface area contributed by atoms with Gasteiger partial charge in [-0.2, -0.15) is 0 Å². The van der Waals surface area contributed by atoms with E-state index in [-0.39, 0.29) is 11.0 Å². The minimum Gasteiger partial charge on any atom is -0.486 e. The van der Waals surface area contributed by atoms with Crippen LogP contribution in [0.2, 0.25) is 0 Å². The van der Waals surface area contributed by atoms with E-state index in [1.54, 1.807) is 0 Å². The molecule has 0 N–H and O–H groups in total. The molecule has 2 aliphatic rings. The molecule has 1 heterocycles. The number of halogens is 2. The van der Waals surface area contributed by atoms with Gasteiger partial charge in [0.15, 0.2) is 0 Å². The van der Waals surface area contributed by atoms with Gasteiger partial charge in [0.05, 0.1) is 0 Å². The summed E-state index contributed by atoms with van der Waals surface area (Å²) in [6, 6.07) is 4.46. The third-order valence-corrected chi connectivity index (χ3v) is 7.03. The molecule has 1 saturated carbocycles. The summed E-state index contributed by atoms with van der Waals surface area (Å²) in [5.74, 6) is 1.64. The maximum absolute atomic E-state index is 6.41. The molecule has 1 aliphatic carbocycles. The minimum atomic E-state index is -0.0119. The number of aryl methyl sites for hydroxylation is 1. The van der Waals surface area contributed by atoms with E-state index in [1.165, 1.54) is 22.0 Å². The van der Waals surface area contributed by atoms with Crippen molar-refractivity contribution in [3.05, 3.63) is 27.7 Å². The van der Waals surface area contributed by atoms with Gasteiger partial charge in [-0.1, -0.05) is 45.7 Å². The average molecular weight is 374 g/mol. The highest BCUT2D eigenvalue weighted by atomic mass is 79.9. The number of rotatable bonds is 1. The number of alkyl halides is 1. The van der Waals surface area contributed by atoms with E-state index >= 15 is 0 Å². The van der Waals surface area contributed by atoms with Gasteiger partial charge in [-0.15, -0.1) is 0 Å². The van der Waals surface area contributed by atoms with Crippen molar-refractivity contribution in [1.82, 2.24) is 0 Å². The summed E-state index contributed by atoms with van der Waals surface area (Å²) in [6.45, 7) is 6.85. The molecule has 3 heteroatoms. The summed E-state index contributed by atoms with van der Waals surface area (Å²) in [6.07, 6.45) is 2.35. The molecule has 2 bridgehead atoms. The third kappa shape index (κ3) is 1.49. The summed E-state index contributed by atoms with van der Waals surface area (Å²) < 4.78 is 7.60. The number of benzene rings is 1. The van der Waals surface area contributed by atoms with Gasteiger partial charge in [-0.3, -0.25) is 0 Å². The Kier molecular flexibility index (Phi) is 2.88. The first-order valence-electron chi connectivity index (χ1n) is 6.48. The van der Waals surface area contributed by atoms with Gasteiger partial charge in [0.2, 0.25) is 0 Å². The van der Waals surface area contributed by atoms with Crippen molar-refractivity contribution in [2.24, 2.45) is 5.92 Å². The Balaban J connectivity index is 2.22. The molecule has 0 saturated heterocycles. The van der Waals surface area contributed by atoms with Gasteiger partial charge in [0.1, 0.15) is 11.4 Å². The van der Waals surface area contributed by atoms with Crippen LogP contribution < -0.4 is 4.74 Å². The first kappa shape index (κ1) is 13.0. The standard InChI is InChI=1S/C15H18Br2O/c1-9-6-13-11(7-12(9)17)14(3)4-5-15(8-16,18-13)10(14)2/h6-7,10H,4-5,8H2,1-3H3/t10-,14-,15+/m0/s1. The van der Waals surface area contributed by atoms with Crippen LogP contribution in [-0.2, 0) is 5.41 Å². The van der Waals surface area contributed by atoms with Crippen molar-refractivity contribution in [1.29, 1.82) is 0 Å². The molecule has 3 rings (SSSR count). The lowest BCUT2D eigenvalue weighted by Crippen LogP contribution is -2.49. The quantitative estimate of drug-likeness (QED) is 0.631. The van der Waals surface area contributed by atoms with E-state index in [2.05, 4.69) is 64.8 Å². The smallest absolute Gasteiger partial charge is 0.124 e. The van der Waals surface area contributed by atoms with Crippen LogP contribution in [0.3, 0.4) is 0 Å². The molecule has 1 fully saturated rings. The fraction of sp³-hybridized carbons (Fsp3) is 0.600. The van der Waals surface area contributed by atoms with Crippen LogP contribution in [0.4, 0.5) is 0 Å². The van der Waals surface area contributed by atoms with Gasteiger partial charge in [0.25, 0.3) is 0 Å². The molecular weight excluding hydrogens is 356 g/mol. The molecule has 1 aliphatic heterocycles. The van der Waals surface area contributed by atoms with E-state index in [0.29, 0.717) is 5.92 Å². The number of hydrogen-bond acceptors (Lipinski definition) is 1. The van der Waals surface area contributed by atoms with Crippen LogP contribution in [0.1, 0.15) is 37.8 Å². The second kappa shape index (κ2) is 3.99. The maximum atomic E-state index is 6.41. The Hall–Kier alpha value is -0.0200. The highest BCUT2D eigenvalue weighted by molar-refractivity contribution is 9.10. The van der Waals surface area contributed by atoms with Gasteiger partial charge in [0, 0.05) is 26.7 Å². The Morgan fingerprint density at radius 2 is 2.11 bits per heavy atom. The molecule has 0 spiro atoms. The van der Waals surface area contributed by atoms with Crippen LogP contribution in [0, 0.1) is 12.8 Å². The molecule has 98 valence electrons. The molecule has 0 radical (unpaired) electrons. The average Bonchev–Trinajstić information content (AvgIpc) is 2.52. The van der Waals surface area contributed by atoms with Crippen molar-refractivity contribution in [3.8, 4) is 5.75 Å². The van der Waals surface area contributed by atoms with Gasteiger partial charge in [-0.25, -0.2) is 0 Å². The second-order valence-corrected chi connectivity index (χ2v) is 7.45. The van der Waals surface area contributed by atoms with E-state index in [0.717, 1.165) is 17.5 Å². The normalized spacial score (nSPS) is 37.3. The van der Waals surface area contributed by atoms with E-state index in [1.807, 2.05) is 0 Å². The van der Waals surface area contributed by atoms with E-state index < -0.39 is 0 Å². The number of hydrogen-bond donors (Lipinski definition) is 0. The first-order chi connectivity index (χ1) is 8.43. The van der Waals surface area contributed by atoms with Crippen molar-refractivity contribution in [3.63, 3.8) is 0 Å². The molecule has 0 amide bonds. The van der Waals surface area contributed by atoms with Crippen molar-refractivity contribution >= 4 is 31.9 Å². The molecular formula is C15H18Br2O. The first-order valence-corrected chi connectivity index (χ1v) is 8.40. The Morgan fingerprint density at radius 3 is 2.78 bits per heavy atom. The van der Waals surface area contributed by atoms with Crippen molar-refractivity contribution < 1.29 is 4.74 Å². The maximum Gasteiger partial charge on any atom is 0.124 e. The highest BCUT2D eigenvalue weighted by Crippen LogP contribution is 2.59. The molecule has 1 nitrogen and oxygen atoms in total. The molecule has 0 aromatic heterocycles. The summed E-state index contributed by atoms with van der Waals surface area (Å²) in [5.41, 5.74) is 2.86. The lowest BCUT2D eigenvalue weighted by molar-refractivity contribution is 0.0271. The third-order valence-electron chi connectivity index (χ3n) is 5.23. The molecule has 18 heavy (non-hydrogen) atoms. The predicted octanol–water partition coefficient (Wildman–Crippen LogP) is 4.97. The fourth-order valence-electron chi connectivity index (χ4n) is 3.61. The summed E-state index contributed by atoms with van der Waals surface area (Å²) in [7, 11) is 0. The van der Waals surface area contributed by atoms with Gasteiger partial charge in [-0.05, 0) is 37.5 Å². The lowest BCUT2D eigenvalue weighted by Gasteiger charge is -2.45. The fourth-order valence-corrected chi connectivity index (χ4v) is 4.83. The summed E-state index contributed by atoms with van der Waals surface area (Å²) >= 11 is 7.32. The van der Waals surface area contributed by atoms with Crippen molar-refractivity contribution in [2.45, 2.75) is 44.6 Å².